The van der Waals surface area contributed by atoms with E-state index in [1.807, 2.05) is 19.1 Å². The molecule has 19 heavy (non-hydrogen) atoms. The molecule has 1 aromatic heterocycles. The first-order valence-electron chi connectivity index (χ1n) is 5.73. The van der Waals surface area contributed by atoms with Gasteiger partial charge >= 0.3 is 0 Å². The molecular formula is C14H11ClN2OS. The van der Waals surface area contributed by atoms with Gasteiger partial charge in [-0.3, -0.25) is 4.79 Å². The van der Waals surface area contributed by atoms with Crippen LogP contribution in [0, 0.1) is 11.3 Å². The third-order valence-electron chi connectivity index (χ3n) is 2.58. The fraction of sp³-hybridized carbons (Fsp3) is 0.143. The summed E-state index contributed by atoms with van der Waals surface area (Å²) in [4.78, 5) is 13.8. The van der Waals surface area contributed by atoms with Crippen molar-refractivity contribution < 1.29 is 4.79 Å². The van der Waals surface area contributed by atoms with Gasteiger partial charge in [0, 0.05) is 9.90 Å². The molecule has 1 N–H and O–H groups in total. The number of aryl methyl sites for hydroxylation is 1. The third-order valence-corrected chi connectivity index (χ3v) is 4.05. The van der Waals surface area contributed by atoms with E-state index in [1.165, 1.54) is 11.3 Å². The number of amides is 1. The Morgan fingerprint density at radius 2 is 2.21 bits per heavy atom. The first kappa shape index (κ1) is 13.6. The highest BCUT2D eigenvalue weighted by atomic mass is 35.5. The maximum atomic E-state index is 12.1. The molecule has 0 unspecified atom stereocenters. The number of rotatable bonds is 3. The molecule has 0 fully saturated rings. The lowest BCUT2D eigenvalue weighted by molar-refractivity contribution is 0.103. The number of nitrogens with one attached hydrogen (secondary N) is 1. The summed E-state index contributed by atoms with van der Waals surface area (Å²) in [5.41, 5.74) is 0.830. The standard InChI is InChI=1S/C14H11ClN2OS/c1-2-11-5-6-13(19-11)14(18)17-12-7-10(15)4-3-9(12)8-16/h3-7H,2H2,1H3,(H,17,18). The molecular weight excluding hydrogens is 280 g/mol. The highest BCUT2D eigenvalue weighted by Gasteiger charge is 2.11. The highest BCUT2D eigenvalue weighted by Crippen LogP contribution is 2.23. The second-order valence-corrected chi connectivity index (χ2v) is 5.48. The molecule has 0 bridgehead atoms. The Bertz CT molecular complexity index is 658. The molecule has 2 rings (SSSR count). The van der Waals surface area contributed by atoms with Crippen LogP contribution in [-0.2, 0) is 6.42 Å². The minimum absolute atomic E-state index is 0.219. The molecule has 0 saturated carbocycles. The Morgan fingerprint density at radius 1 is 1.42 bits per heavy atom. The molecule has 0 spiro atoms. The summed E-state index contributed by atoms with van der Waals surface area (Å²) in [6.45, 7) is 2.04. The summed E-state index contributed by atoms with van der Waals surface area (Å²) in [6.07, 6.45) is 0.901. The van der Waals surface area contributed by atoms with Crippen LogP contribution in [0.5, 0.6) is 0 Å². The van der Waals surface area contributed by atoms with E-state index in [4.69, 9.17) is 16.9 Å². The highest BCUT2D eigenvalue weighted by molar-refractivity contribution is 7.14. The Balaban J connectivity index is 2.23. The first-order valence-corrected chi connectivity index (χ1v) is 6.93. The van der Waals surface area contributed by atoms with E-state index >= 15 is 0 Å². The second-order valence-electron chi connectivity index (χ2n) is 3.88. The molecule has 1 heterocycles. The van der Waals surface area contributed by atoms with Crippen molar-refractivity contribution in [1.82, 2.24) is 0 Å². The van der Waals surface area contributed by atoms with Crippen LogP contribution in [0.25, 0.3) is 0 Å². The van der Waals surface area contributed by atoms with E-state index < -0.39 is 0 Å². The number of benzene rings is 1. The zero-order valence-corrected chi connectivity index (χ0v) is 11.8. The lowest BCUT2D eigenvalue weighted by atomic mass is 10.2. The maximum Gasteiger partial charge on any atom is 0.265 e. The number of halogens is 1. The number of thiophene rings is 1. The number of hydrogen-bond acceptors (Lipinski definition) is 3. The van der Waals surface area contributed by atoms with Crippen LogP contribution in [0.2, 0.25) is 5.02 Å². The Kier molecular flexibility index (Phi) is 4.20. The molecule has 96 valence electrons. The van der Waals surface area contributed by atoms with E-state index in [0.717, 1.165) is 11.3 Å². The number of nitriles is 1. The van der Waals surface area contributed by atoms with Gasteiger partial charge < -0.3 is 5.32 Å². The summed E-state index contributed by atoms with van der Waals surface area (Å²) >= 11 is 7.32. The van der Waals surface area contributed by atoms with Crippen molar-refractivity contribution in [1.29, 1.82) is 5.26 Å². The van der Waals surface area contributed by atoms with Crippen LogP contribution in [-0.4, -0.2) is 5.91 Å². The number of hydrogen-bond donors (Lipinski definition) is 1. The number of nitrogens with zero attached hydrogens (tertiary/aromatic N) is 1. The van der Waals surface area contributed by atoms with Crippen LogP contribution in [0.15, 0.2) is 30.3 Å². The molecule has 0 atom stereocenters. The number of carbonyl (C=O) groups excluding carboxylic acids is 1. The number of carbonyl (C=O) groups is 1. The lowest BCUT2D eigenvalue weighted by Crippen LogP contribution is -2.11. The molecule has 3 nitrogen and oxygen atoms in total. The van der Waals surface area contributed by atoms with Gasteiger partial charge in [-0.1, -0.05) is 18.5 Å². The minimum Gasteiger partial charge on any atom is -0.320 e. The van der Waals surface area contributed by atoms with Crippen LogP contribution in [0.3, 0.4) is 0 Å². The zero-order valence-electron chi connectivity index (χ0n) is 10.2. The maximum absolute atomic E-state index is 12.1. The molecule has 2 aromatic rings. The molecule has 0 radical (unpaired) electrons. The molecule has 1 amide bonds. The quantitative estimate of drug-likeness (QED) is 0.925. The Morgan fingerprint density at radius 3 is 2.84 bits per heavy atom. The Labute approximate surface area is 120 Å². The smallest absolute Gasteiger partial charge is 0.265 e. The van der Waals surface area contributed by atoms with Crippen molar-refractivity contribution in [2.45, 2.75) is 13.3 Å². The fourth-order valence-electron chi connectivity index (χ4n) is 1.59. The topological polar surface area (TPSA) is 52.9 Å². The van der Waals surface area contributed by atoms with Gasteiger partial charge in [-0.15, -0.1) is 11.3 Å². The summed E-state index contributed by atoms with van der Waals surface area (Å²) < 4.78 is 0. The molecule has 0 aliphatic heterocycles. The normalized spacial score (nSPS) is 9.95. The molecule has 0 aliphatic rings. The molecule has 5 heteroatoms. The van der Waals surface area contributed by atoms with Crippen molar-refractivity contribution in [3.63, 3.8) is 0 Å². The van der Waals surface area contributed by atoms with E-state index in [1.54, 1.807) is 24.3 Å². The largest absolute Gasteiger partial charge is 0.320 e. The fourth-order valence-corrected chi connectivity index (χ4v) is 2.61. The summed E-state index contributed by atoms with van der Waals surface area (Å²) in [5.74, 6) is -0.219. The van der Waals surface area contributed by atoms with Crippen LogP contribution < -0.4 is 5.32 Å². The molecule has 1 aromatic carbocycles. The van der Waals surface area contributed by atoms with Gasteiger partial charge in [0.25, 0.3) is 5.91 Å². The SMILES string of the molecule is CCc1ccc(C(=O)Nc2cc(Cl)ccc2C#N)s1. The first-order chi connectivity index (χ1) is 9.13. The predicted molar refractivity (Wildman–Crippen MR) is 77.8 cm³/mol. The number of anilines is 1. The van der Waals surface area contributed by atoms with Crippen molar-refractivity contribution >= 4 is 34.5 Å². The van der Waals surface area contributed by atoms with Crippen molar-refractivity contribution in [3.8, 4) is 6.07 Å². The van der Waals surface area contributed by atoms with Crippen LogP contribution >= 0.6 is 22.9 Å². The van der Waals surface area contributed by atoms with Gasteiger partial charge in [0.2, 0.25) is 0 Å². The van der Waals surface area contributed by atoms with Gasteiger partial charge in [-0.25, -0.2) is 0 Å². The zero-order chi connectivity index (χ0) is 13.8. The van der Waals surface area contributed by atoms with E-state index in [9.17, 15) is 4.79 Å². The average Bonchev–Trinajstić information content (AvgIpc) is 2.88. The van der Waals surface area contributed by atoms with Gasteiger partial charge in [0.1, 0.15) is 6.07 Å². The third kappa shape index (κ3) is 3.14. The van der Waals surface area contributed by atoms with Gasteiger partial charge in [-0.2, -0.15) is 5.26 Å². The van der Waals surface area contributed by atoms with E-state index in [-0.39, 0.29) is 5.91 Å². The lowest BCUT2D eigenvalue weighted by Gasteiger charge is -2.06. The van der Waals surface area contributed by atoms with E-state index in [2.05, 4.69) is 5.32 Å². The van der Waals surface area contributed by atoms with Gasteiger partial charge in [-0.05, 0) is 36.8 Å². The van der Waals surface area contributed by atoms with Gasteiger partial charge in [0.15, 0.2) is 0 Å². The monoisotopic (exact) mass is 290 g/mol. The summed E-state index contributed by atoms with van der Waals surface area (Å²) in [5, 5.41) is 12.2. The van der Waals surface area contributed by atoms with E-state index in [0.29, 0.717) is 21.2 Å². The minimum atomic E-state index is -0.219. The average molecular weight is 291 g/mol. The predicted octanol–water partition coefficient (Wildman–Crippen LogP) is 4.09. The van der Waals surface area contributed by atoms with Crippen LogP contribution in [0.4, 0.5) is 5.69 Å². The van der Waals surface area contributed by atoms with Crippen molar-refractivity contribution in [2.24, 2.45) is 0 Å². The van der Waals surface area contributed by atoms with Gasteiger partial charge in [0.05, 0.1) is 16.1 Å². The molecule has 0 saturated heterocycles. The van der Waals surface area contributed by atoms with Crippen molar-refractivity contribution in [2.75, 3.05) is 5.32 Å². The van der Waals surface area contributed by atoms with Crippen molar-refractivity contribution in [3.05, 3.63) is 50.7 Å². The van der Waals surface area contributed by atoms with Crippen LogP contribution in [0.1, 0.15) is 27.0 Å². The molecule has 0 aliphatic carbocycles. The summed E-state index contributed by atoms with van der Waals surface area (Å²) in [6, 6.07) is 10.5. The second kappa shape index (κ2) is 5.87. The Hall–Kier alpha value is -1.83. The summed E-state index contributed by atoms with van der Waals surface area (Å²) in [7, 11) is 0.